The van der Waals surface area contributed by atoms with Crippen LogP contribution in [0.5, 0.6) is 0 Å². The molecule has 0 rings (SSSR count). The summed E-state index contributed by atoms with van der Waals surface area (Å²) >= 11 is 0. The molecular weight excluding hydrogens is 753 g/mol. The predicted octanol–water partition coefficient (Wildman–Crippen LogP) is 12.6. The Bertz CT molecular complexity index is 1200. The van der Waals surface area contributed by atoms with E-state index in [1.807, 2.05) is 0 Å². The Hall–Kier alpha value is -2.59. The first-order valence-electron chi connectivity index (χ1n) is 22.5. The van der Waals surface area contributed by atoms with Crippen molar-refractivity contribution in [2.75, 3.05) is 26.4 Å². The van der Waals surface area contributed by atoms with E-state index in [2.05, 4.69) is 86.8 Å². The third-order valence-electron chi connectivity index (χ3n) is 9.22. The lowest BCUT2D eigenvalue weighted by Crippen LogP contribution is -2.34. The fourth-order valence-corrected chi connectivity index (χ4v) is 6.52. The highest BCUT2D eigenvalue weighted by Crippen LogP contribution is 2.43. The molecule has 0 bridgehead atoms. The van der Waals surface area contributed by atoms with Gasteiger partial charge in [-0.05, 0) is 83.5 Å². The van der Waals surface area contributed by atoms with Gasteiger partial charge in [0.2, 0.25) is 0 Å². The summed E-state index contributed by atoms with van der Waals surface area (Å²) in [5.41, 5.74) is 5.35. The summed E-state index contributed by atoms with van der Waals surface area (Å²) in [5.74, 6) is -1.81. The van der Waals surface area contributed by atoms with E-state index in [-0.39, 0.29) is 13.0 Å². The number of ether oxygens (including phenoxy) is 2. The molecule has 58 heavy (non-hydrogen) atoms. The Morgan fingerprint density at radius 3 is 1.52 bits per heavy atom. The lowest BCUT2D eigenvalue weighted by atomic mass is 10.1. The van der Waals surface area contributed by atoms with Gasteiger partial charge < -0.3 is 25.2 Å². The molecule has 0 aliphatic carbocycles. The first-order valence-corrected chi connectivity index (χ1v) is 24.0. The normalized spacial score (nSPS) is 14.6. The topological polar surface area (TPSA) is 155 Å². The highest BCUT2D eigenvalue weighted by molar-refractivity contribution is 7.47. The van der Waals surface area contributed by atoms with Crippen molar-refractivity contribution < 1.29 is 42.7 Å². The van der Waals surface area contributed by atoms with Gasteiger partial charge in [0.05, 0.1) is 19.8 Å². The first-order chi connectivity index (χ1) is 28.2. The predicted molar refractivity (Wildman–Crippen MR) is 240 cm³/mol. The summed E-state index contributed by atoms with van der Waals surface area (Å²) in [6.45, 7) is 3.64. The van der Waals surface area contributed by atoms with E-state index in [9.17, 15) is 19.0 Å². The molecule has 0 radical (unpaired) electrons. The Kier molecular flexibility index (Phi) is 40.6. The molecule has 0 amide bonds. The van der Waals surface area contributed by atoms with Gasteiger partial charge in [0, 0.05) is 13.0 Å². The molecule has 0 saturated carbocycles. The zero-order valence-electron chi connectivity index (χ0n) is 36.4. The van der Waals surface area contributed by atoms with E-state index < -0.39 is 45.1 Å². The molecule has 0 aromatic heterocycles. The number of carboxylic acid groups (broad SMARTS) is 1. The number of nitrogens with two attached hydrogens (primary N) is 1. The second-order valence-electron chi connectivity index (χ2n) is 14.8. The second-order valence-corrected chi connectivity index (χ2v) is 16.2. The highest BCUT2D eigenvalue weighted by atomic mass is 31.2. The monoisotopic (exact) mass is 836 g/mol. The number of carbonyl (C=O) groups is 2. The molecule has 10 nitrogen and oxygen atoms in total. The van der Waals surface area contributed by atoms with Crippen LogP contribution in [0.1, 0.15) is 174 Å². The summed E-state index contributed by atoms with van der Waals surface area (Å²) in [6, 6.07) is -1.48. The van der Waals surface area contributed by atoms with Gasteiger partial charge in [-0.1, -0.05) is 157 Å². The number of aliphatic carboxylic acids is 1. The van der Waals surface area contributed by atoms with Gasteiger partial charge in [-0.3, -0.25) is 18.6 Å². The number of carboxylic acids is 1. The molecule has 0 saturated heterocycles. The molecule has 0 aliphatic rings. The number of carbonyl (C=O) groups excluding carboxylic acids is 1. The summed E-state index contributed by atoms with van der Waals surface area (Å²) in [4.78, 5) is 33.6. The number of hydrogen-bond acceptors (Lipinski definition) is 8. The van der Waals surface area contributed by atoms with Gasteiger partial charge in [0.25, 0.3) is 0 Å². The minimum atomic E-state index is -4.63. The van der Waals surface area contributed by atoms with Crippen LogP contribution in [-0.2, 0) is 32.7 Å². The van der Waals surface area contributed by atoms with Crippen LogP contribution >= 0.6 is 7.82 Å². The number of rotatable bonds is 42. The van der Waals surface area contributed by atoms with Crippen molar-refractivity contribution in [3.63, 3.8) is 0 Å². The van der Waals surface area contributed by atoms with Crippen molar-refractivity contribution in [3.8, 4) is 0 Å². The summed E-state index contributed by atoms with van der Waals surface area (Å²) < 4.78 is 33.3. The van der Waals surface area contributed by atoms with Crippen LogP contribution in [0.3, 0.4) is 0 Å². The molecule has 334 valence electrons. The Balaban J connectivity index is 4.32. The van der Waals surface area contributed by atoms with Crippen molar-refractivity contribution in [1.82, 2.24) is 0 Å². The number of hydrogen-bond donors (Lipinski definition) is 3. The molecule has 0 aromatic rings. The number of phosphoric acid groups is 1. The molecule has 4 N–H and O–H groups in total. The smallest absolute Gasteiger partial charge is 0.472 e. The minimum absolute atomic E-state index is 0.0175. The second kappa shape index (κ2) is 42.5. The van der Waals surface area contributed by atoms with Crippen LogP contribution in [-0.4, -0.2) is 60.5 Å². The Morgan fingerprint density at radius 2 is 1.00 bits per heavy atom. The number of unbranched alkanes of at least 4 members (excludes halogenated alkanes) is 16. The standard InChI is InChI=1S/C47H82NO9P/c1-3-5-7-9-11-13-15-17-19-21-23-25-27-29-31-33-35-37-39-46(49)57-44(42-55-58(52,53)56-43-45(48)47(50)51)41-54-40-38-36-34-32-30-28-26-24-22-20-18-16-14-12-10-8-6-4-2/h6,8,12,14,18-21,24,26,30,32,44-45H,3-5,7,9-11,13,15-17,22-23,25,27-29,31,33-43,48H2,1-2H3,(H,50,51)(H,52,53)/b8-6-,14-12-,20-18-,21-19-,26-24-,32-30-. The third kappa shape index (κ3) is 41.6. The lowest BCUT2D eigenvalue weighted by Gasteiger charge is -2.20. The molecule has 3 unspecified atom stereocenters. The molecule has 0 heterocycles. The van der Waals surface area contributed by atoms with Gasteiger partial charge in [0.1, 0.15) is 12.1 Å². The molecule has 0 fully saturated rings. The minimum Gasteiger partial charge on any atom is -0.480 e. The van der Waals surface area contributed by atoms with Crippen molar-refractivity contribution in [2.45, 2.75) is 187 Å². The van der Waals surface area contributed by atoms with Crippen molar-refractivity contribution in [2.24, 2.45) is 5.73 Å². The SMILES string of the molecule is CC/C=C\C/C=C\C/C=C\C/C=C\C/C=C\CCCCOCC(COP(=O)(O)OCC(N)C(=O)O)OC(=O)CCCCCCCCC/C=C\CCCCCCCCC. The number of esters is 1. The quantitative estimate of drug-likeness (QED) is 0.0234. The van der Waals surface area contributed by atoms with Crippen LogP contribution in [0.15, 0.2) is 72.9 Å². The number of allylic oxidation sites excluding steroid dienone is 12. The van der Waals surface area contributed by atoms with Crippen LogP contribution in [0, 0.1) is 0 Å². The van der Waals surface area contributed by atoms with Crippen LogP contribution in [0.25, 0.3) is 0 Å². The summed E-state index contributed by atoms with van der Waals surface area (Å²) in [6.07, 6.45) is 52.4. The zero-order chi connectivity index (χ0) is 42.6. The maximum absolute atomic E-state index is 12.6. The molecule has 0 aliphatic heterocycles. The van der Waals surface area contributed by atoms with E-state index in [0.717, 1.165) is 77.0 Å². The fourth-order valence-electron chi connectivity index (χ4n) is 5.74. The zero-order valence-corrected chi connectivity index (χ0v) is 37.3. The summed E-state index contributed by atoms with van der Waals surface area (Å²) in [7, 11) is -4.63. The molecule has 0 aromatic carbocycles. The average Bonchev–Trinajstić information content (AvgIpc) is 3.20. The van der Waals surface area contributed by atoms with Crippen molar-refractivity contribution >= 4 is 19.8 Å². The molecule has 3 atom stereocenters. The first kappa shape index (κ1) is 55.4. The van der Waals surface area contributed by atoms with Gasteiger partial charge in [-0.2, -0.15) is 0 Å². The molecular formula is C47H82NO9P. The van der Waals surface area contributed by atoms with Gasteiger partial charge in [-0.25, -0.2) is 4.57 Å². The summed E-state index contributed by atoms with van der Waals surface area (Å²) in [5, 5.41) is 8.90. The van der Waals surface area contributed by atoms with Crippen molar-refractivity contribution in [1.29, 1.82) is 0 Å². The van der Waals surface area contributed by atoms with Gasteiger partial charge in [-0.15, -0.1) is 0 Å². The van der Waals surface area contributed by atoms with Crippen LogP contribution < -0.4 is 5.73 Å². The van der Waals surface area contributed by atoms with E-state index in [1.54, 1.807) is 0 Å². The lowest BCUT2D eigenvalue weighted by molar-refractivity contribution is -0.154. The molecule has 0 spiro atoms. The fraction of sp³-hybridized carbons (Fsp3) is 0.702. The Morgan fingerprint density at radius 1 is 0.569 bits per heavy atom. The third-order valence-corrected chi connectivity index (χ3v) is 10.2. The largest absolute Gasteiger partial charge is 0.480 e. The highest BCUT2D eigenvalue weighted by Gasteiger charge is 2.27. The maximum Gasteiger partial charge on any atom is 0.472 e. The van der Waals surface area contributed by atoms with E-state index >= 15 is 0 Å². The Labute approximate surface area is 353 Å². The molecule has 11 heteroatoms. The number of phosphoric ester groups is 1. The maximum atomic E-state index is 12.6. The average molecular weight is 836 g/mol. The van der Waals surface area contributed by atoms with E-state index in [1.165, 1.54) is 70.6 Å². The van der Waals surface area contributed by atoms with Crippen LogP contribution in [0.4, 0.5) is 0 Å². The van der Waals surface area contributed by atoms with E-state index in [0.29, 0.717) is 13.0 Å². The van der Waals surface area contributed by atoms with Crippen LogP contribution in [0.2, 0.25) is 0 Å². The van der Waals surface area contributed by atoms with Gasteiger partial charge >= 0.3 is 19.8 Å². The van der Waals surface area contributed by atoms with E-state index in [4.69, 9.17) is 29.4 Å². The van der Waals surface area contributed by atoms with Gasteiger partial charge in [0.15, 0.2) is 0 Å². The van der Waals surface area contributed by atoms with Crippen molar-refractivity contribution in [3.05, 3.63) is 72.9 Å².